The summed E-state index contributed by atoms with van der Waals surface area (Å²) in [6.45, 7) is 4.25. The first-order chi connectivity index (χ1) is 12.8. The van der Waals surface area contributed by atoms with Gasteiger partial charge in [-0.2, -0.15) is 5.10 Å². The topological polar surface area (TPSA) is 72.7 Å². The summed E-state index contributed by atoms with van der Waals surface area (Å²) in [7, 11) is 3.45. The van der Waals surface area contributed by atoms with E-state index in [2.05, 4.69) is 45.0 Å². The number of nitrogens with zero attached hydrogens (tertiary/aromatic N) is 3. The highest BCUT2D eigenvalue weighted by molar-refractivity contribution is 14.0. The van der Waals surface area contributed by atoms with Crippen LogP contribution in [0.3, 0.4) is 0 Å². The summed E-state index contributed by atoms with van der Waals surface area (Å²) in [6, 6.07) is 10.3. The third-order valence-electron chi connectivity index (χ3n) is 3.87. The van der Waals surface area contributed by atoms with E-state index in [0.29, 0.717) is 26.4 Å². The zero-order valence-electron chi connectivity index (χ0n) is 16.1. The number of benzene rings is 1. The highest BCUT2D eigenvalue weighted by Gasteiger charge is 2.04. The normalized spacial score (nSPS) is 11.1. The average molecular weight is 487 g/mol. The molecule has 2 N–H and O–H groups in total. The van der Waals surface area contributed by atoms with Crippen molar-refractivity contribution in [3.05, 3.63) is 53.9 Å². The smallest absolute Gasteiger partial charge is 0.191 e. The van der Waals surface area contributed by atoms with Gasteiger partial charge in [-0.3, -0.25) is 9.67 Å². The largest absolute Gasteiger partial charge is 0.382 e. The van der Waals surface area contributed by atoms with Gasteiger partial charge >= 0.3 is 0 Å². The highest BCUT2D eigenvalue weighted by Crippen LogP contribution is 2.10. The number of guanidine groups is 1. The zero-order chi connectivity index (χ0) is 18.5. The predicted octanol–water partition coefficient (Wildman–Crippen LogP) is 2.27. The van der Waals surface area contributed by atoms with Crippen molar-refractivity contribution in [2.75, 3.05) is 40.5 Å². The van der Waals surface area contributed by atoms with Crippen molar-refractivity contribution in [3.63, 3.8) is 0 Å². The predicted molar refractivity (Wildman–Crippen MR) is 119 cm³/mol. The third-order valence-corrected chi connectivity index (χ3v) is 3.87. The van der Waals surface area contributed by atoms with Gasteiger partial charge in [-0.25, -0.2) is 0 Å². The van der Waals surface area contributed by atoms with E-state index in [1.54, 1.807) is 20.4 Å². The second-order valence-corrected chi connectivity index (χ2v) is 5.78. The van der Waals surface area contributed by atoms with Crippen LogP contribution in [0.4, 0.5) is 0 Å². The molecule has 1 heterocycles. The summed E-state index contributed by atoms with van der Waals surface area (Å²) in [5.41, 5.74) is 2.47. The van der Waals surface area contributed by atoms with Crippen molar-refractivity contribution in [3.8, 4) is 0 Å². The van der Waals surface area contributed by atoms with Crippen LogP contribution < -0.4 is 10.6 Å². The number of aromatic nitrogens is 2. The second kappa shape index (κ2) is 14.4. The molecule has 1 aromatic carbocycles. The second-order valence-electron chi connectivity index (χ2n) is 5.78. The van der Waals surface area contributed by atoms with Crippen LogP contribution in [0.1, 0.15) is 17.5 Å². The van der Waals surface area contributed by atoms with Crippen LogP contribution in [0, 0.1) is 0 Å². The highest BCUT2D eigenvalue weighted by atomic mass is 127. The third kappa shape index (κ3) is 9.21. The van der Waals surface area contributed by atoms with Gasteiger partial charge in [0.1, 0.15) is 0 Å². The molecule has 0 spiro atoms. The molecule has 2 rings (SSSR count). The van der Waals surface area contributed by atoms with E-state index in [4.69, 9.17) is 9.47 Å². The van der Waals surface area contributed by atoms with Crippen molar-refractivity contribution in [1.29, 1.82) is 0 Å². The fraction of sp³-hybridized carbons (Fsp3) is 0.474. The summed E-state index contributed by atoms with van der Waals surface area (Å²) in [5.74, 6) is 0.788. The van der Waals surface area contributed by atoms with Crippen LogP contribution in [0.15, 0.2) is 47.7 Å². The first-order valence-electron chi connectivity index (χ1n) is 8.89. The summed E-state index contributed by atoms with van der Waals surface area (Å²) < 4.78 is 12.3. The van der Waals surface area contributed by atoms with Gasteiger partial charge in [0, 0.05) is 46.2 Å². The first kappa shape index (κ1) is 23.4. The lowest BCUT2D eigenvalue weighted by atomic mass is 10.1. The maximum absolute atomic E-state index is 5.45. The van der Waals surface area contributed by atoms with Crippen molar-refractivity contribution in [1.82, 2.24) is 20.4 Å². The van der Waals surface area contributed by atoms with E-state index < -0.39 is 0 Å². The number of aliphatic imine (C=N–C) groups is 1. The minimum absolute atomic E-state index is 0. The Kier molecular flexibility index (Phi) is 12.5. The van der Waals surface area contributed by atoms with Gasteiger partial charge in [-0.05, 0) is 23.6 Å². The molecule has 0 radical (unpaired) electrons. The number of hydrogen-bond acceptors (Lipinski definition) is 4. The zero-order valence-corrected chi connectivity index (χ0v) is 18.4. The summed E-state index contributed by atoms with van der Waals surface area (Å²) in [5, 5.41) is 11.0. The Labute approximate surface area is 178 Å². The van der Waals surface area contributed by atoms with Crippen molar-refractivity contribution in [2.45, 2.75) is 19.5 Å². The van der Waals surface area contributed by atoms with E-state index in [1.807, 2.05) is 16.9 Å². The standard InChI is InChI=1S/C19H29N5O2.HI/c1-20-19(21-9-6-12-26-14-13-25-2)22-15-17-7-3-4-8-18(17)16-24-11-5-10-23-24;/h3-5,7-8,10-11H,6,9,12-16H2,1-2H3,(H2,20,21,22);1H. The quantitative estimate of drug-likeness (QED) is 0.220. The van der Waals surface area contributed by atoms with E-state index >= 15 is 0 Å². The van der Waals surface area contributed by atoms with Crippen LogP contribution in [0.2, 0.25) is 0 Å². The number of rotatable bonds is 11. The molecule has 0 fully saturated rings. The Morgan fingerprint density at radius 1 is 1.11 bits per heavy atom. The lowest BCUT2D eigenvalue weighted by Crippen LogP contribution is -2.37. The molecule has 0 saturated heterocycles. The van der Waals surface area contributed by atoms with Gasteiger partial charge in [0.2, 0.25) is 0 Å². The van der Waals surface area contributed by atoms with E-state index in [0.717, 1.165) is 25.5 Å². The lowest BCUT2D eigenvalue weighted by Gasteiger charge is -2.14. The van der Waals surface area contributed by atoms with E-state index in [1.165, 1.54) is 11.1 Å². The Hall–Kier alpha value is -1.65. The maximum Gasteiger partial charge on any atom is 0.191 e. The molecule has 0 aliphatic carbocycles. The van der Waals surface area contributed by atoms with Gasteiger partial charge in [0.25, 0.3) is 0 Å². The number of nitrogens with one attached hydrogen (secondary N) is 2. The first-order valence-corrected chi connectivity index (χ1v) is 8.89. The van der Waals surface area contributed by atoms with Gasteiger partial charge < -0.3 is 20.1 Å². The average Bonchev–Trinajstić information content (AvgIpc) is 3.17. The monoisotopic (exact) mass is 487 g/mol. The molecule has 0 bridgehead atoms. The van der Waals surface area contributed by atoms with E-state index in [9.17, 15) is 0 Å². The number of hydrogen-bond donors (Lipinski definition) is 2. The molecule has 0 atom stereocenters. The molecular formula is C19H30IN5O2. The molecule has 2 aromatic rings. The Balaban J connectivity index is 0.00000364. The van der Waals surface area contributed by atoms with Gasteiger partial charge in [0.15, 0.2) is 5.96 Å². The summed E-state index contributed by atoms with van der Waals surface area (Å²) >= 11 is 0. The molecule has 1 aromatic heterocycles. The molecule has 0 aliphatic rings. The lowest BCUT2D eigenvalue weighted by molar-refractivity contribution is 0.0698. The molecule has 7 nitrogen and oxygen atoms in total. The molecule has 0 aliphatic heterocycles. The van der Waals surface area contributed by atoms with Crippen LogP contribution in [-0.2, 0) is 22.6 Å². The molecule has 0 unspecified atom stereocenters. The maximum atomic E-state index is 5.45. The molecule has 27 heavy (non-hydrogen) atoms. The Bertz CT molecular complexity index is 649. The molecule has 0 amide bonds. The Morgan fingerprint density at radius 3 is 2.63 bits per heavy atom. The van der Waals surface area contributed by atoms with Crippen molar-refractivity contribution >= 4 is 29.9 Å². The van der Waals surface area contributed by atoms with Gasteiger partial charge in [0.05, 0.1) is 19.8 Å². The molecule has 8 heteroatoms. The van der Waals surface area contributed by atoms with Crippen molar-refractivity contribution < 1.29 is 9.47 Å². The minimum atomic E-state index is 0. The van der Waals surface area contributed by atoms with Gasteiger partial charge in [-0.1, -0.05) is 24.3 Å². The SMILES string of the molecule is CN=C(NCCCOCCOC)NCc1ccccc1Cn1cccn1.I. The summed E-state index contributed by atoms with van der Waals surface area (Å²) in [6.07, 6.45) is 4.69. The number of halogens is 1. The van der Waals surface area contributed by atoms with E-state index in [-0.39, 0.29) is 24.0 Å². The fourth-order valence-electron chi connectivity index (χ4n) is 2.48. The summed E-state index contributed by atoms with van der Waals surface area (Å²) in [4.78, 5) is 4.27. The number of ether oxygens (including phenoxy) is 2. The van der Waals surface area contributed by atoms with Gasteiger partial charge in [-0.15, -0.1) is 24.0 Å². The van der Waals surface area contributed by atoms with Crippen LogP contribution in [0.25, 0.3) is 0 Å². The van der Waals surface area contributed by atoms with Crippen LogP contribution >= 0.6 is 24.0 Å². The fourth-order valence-corrected chi connectivity index (χ4v) is 2.48. The molecule has 0 saturated carbocycles. The molecule has 150 valence electrons. The van der Waals surface area contributed by atoms with Crippen molar-refractivity contribution in [2.24, 2.45) is 4.99 Å². The van der Waals surface area contributed by atoms with Crippen LogP contribution in [0.5, 0.6) is 0 Å². The Morgan fingerprint density at radius 2 is 1.93 bits per heavy atom. The molecular weight excluding hydrogens is 457 g/mol. The number of methoxy groups -OCH3 is 1. The van der Waals surface area contributed by atoms with Crippen LogP contribution in [-0.4, -0.2) is 56.3 Å². The minimum Gasteiger partial charge on any atom is -0.382 e.